The van der Waals surface area contributed by atoms with Crippen LogP contribution in [0.1, 0.15) is 12.5 Å². The Bertz CT molecular complexity index is 402. The largest absolute Gasteiger partial charge is 1.00 e. The van der Waals surface area contributed by atoms with Gasteiger partial charge >= 0.3 is 29.6 Å². The van der Waals surface area contributed by atoms with Crippen LogP contribution in [0.15, 0.2) is 41.5 Å². The van der Waals surface area contributed by atoms with Gasteiger partial charge in [-0.15, -0.1) is 0 Å². The Kier molecular flexibility index (Phi) is 8.40. The van der Waals surface area contributed by atoms with E-state index in [9.17, 15) is 9.90 Å². The molecule has 0 aliphatic rings. The molecule has 0 saturated heterocycles. The number of carboxylic acids is 1. The Hall–Kier alpha value is -1.10. The normalized spacial score (nSPS) is 11.0. The molecule has 0 aromatic heterocycles. The van der Waals surface area contributed by atoms with E-state index in [0.717, 1.165) is 5.56 Å². The van der Waals surface area contributed by atoms with E-state index in [1.165, 1.54) is 6.92 Å². The second-order valence-electron chi connectivity index (χ2n) is 3.16. The average molecular weight is 240 g/mol. The van der Waals surface area contributed by atoms with Crippen LogP contribution in [-0.2, 0) is 4.79 Å². The number of aliphatic carboxylic acids is 1. The molecule has 1 aromatic carbocycles. The number of nitrogens with one attached hydrogen (secondary N) is 1. The molecule has 0 heterocycles. The molecule has 0 aliphatic carbocycles. The maximum Gasteiger partial charge on any atom is 1.00 e. The summed E-state index contributed by atoms with van der Waals surface area (Å²) >= 11 is 0. The van der Waals surface area contributed by atoms with E-state index in [1.54, 1.807) is 0 Å². The van der Waals surface area contributed by atoms with Crippen molar-refractivity contribution in [2.24, 2.45) is 5.10 Å². The Labute approximate surface area is 123 Å². The van der Waals surface area contributed by atoms with Crippen LogP contribution < -0.4 is 40.1 Å². The van der Waals surface area contributed by atoms with Crippen molar-refractivity contribution in [1.82, 2.24) is 5.43 Å². The van der Waals surface area contributed by atoms with E-state index in [-0.39, 0.29) is 35.3 Å². The molecule has 84 valence electrons. The molecule has 0 fully saturated rings. The average Bonchev–Trinajstić information content (AvgIpc) is 2.29. The molecule has 0 unspecified atom stereocenters. The van der Waals surface area contributed by atoms with E-state index in [4.69, 9.17) is 0 Å². The van der Waals surface area contributed by atoms with Gasteiger partial charge in [0.05, 0.1) is 18.2 Å². The zero-order chi connectivity index (χ0) is 11.8. The van der Waals surface area contributed by atoms with E-state index in [1.807, 2.05) is 42.5 Å². The van der Waals surface area contributed by atoms with Gasteiger partial charge in [0.2, 0.25) is 0 Å². The van der Waals surface area contributed by atoms with Crippen molar-refractivity contribution in [3.63, 3.8) is 0 Å². The van der Waals surface area contributed by atoms with Crippen LogP contribution in [0.3, 0.4) is 0 Å². The Balaban J connectivity index is 0.00000256. The van der Waals surface area contributed by atoms with Gasteiger partial charge in [-0.05, 0) is 12.5 Å². The fraction of sp³-hybridized carbons (Fsp3) is 0.167. The molecule has 0 aliphatic heterocycles. The first-order chi connectivity index (χ1) is 7.70. The number of carbonyl (C=O) groups is 1. The van der Waals surface area contributed by atoms with Crippen molar-refractivity contribution in [3.8, 4) is 0 Å². The van der Waals surface area contributed by atoms with Crippen LogP contribution >= 0.6 is 0 Å². The number of rotatable bonds is 5. The number of hydrogen-bond donors (Lipinski definition) is 1. The van der Waals surface area contributed by atoms with Crippen molar-refractivity contribution in [2.45, 2.75) is 6.92 Å². The molecule has 0 bridgehead atoms. The molecule has 0 saturated carbocycles. The topological polar surface area (TPSA) is 64.5 Å². The molecule has 0 atom stereocenters. The molecule has 1 rings (SSSR count). The second kappa shape index (κ2) is 8.98. The first-order valence-corrected chi connectivity index (χ1v) is 4.90. The molecule has 4 nitrogen and oxygen atoms in total. The maximum atomic E-state index is 10.3. The number of hydrazone groups is 1. The van der Waals surface area contributed by atoms with E-state index in [2.05, 4.69) is 10.5 Å². The van der Waals surface area contributed by atoms with Gasteiger partial charge in [0.15, 0.2) is 0 Å². The first kappa shape index (κ1) is 15.9. The fourth-order valence-electron chi connectivity index (χ4n) is 1.02. The number of carbonyl (C=O) groups excluding carboxylic acids is 1. The van der Waals surface area contributed by atoms with Gasteiger partial charge in [-0.2, -0.15) is 5.10 Å². The van der Waals surface area contributed by atoms with Crippen molar-refractivity contribution < 1.29 is 39.5 Å². The number of nitrogens with zero attached hydrogens (tertiary/aromatic N) is 1. The minimum Gasteiger partial charge on any atom is -0.543 e. The summed E-state index contributed by atoms with van der Waals surface area (Å²) < 4.78 is 0. The van der Waals surface area contributed by atoms with Crippen LogP contribution in [-0.4, -0.2) is 18.2 Å². The third-order valence-electron chi connectivity index (χ3n) is 1.86. The summed E-state index contributed by atoms with van der Waals surface area (Å²) in [7, 11) is 0. The summed E-state index contributed by atoms with van der Waals surface area (Å²) in [6.45, 7) is 1.85. The number of benzene rings is 1. The molecule has 5 heteroatoms. The quantitative estimate of drug-likeness (QED) is 0.266. The summed E-state index contributed by atoms with van der Waals surface area (Å²) in [4.78, 5) is 10.3. The van der Waals surface area contributed by atoms with Crippen LogP contribution in [0.25, 0.3) is 6.08 Å². The van der Waals surface area contributed by atoms with Crippen LogP contribution in [0.4, 0.5) is 0 Å². The predicted molar refractivity (Wildman–Crippen MR) is 61.6 cm³/mol. The molecule has 0 amide bonds. The van der Waals surface area contributed by atoms with Gasteiger partial charge in [0.25, 0.3) is 0 Å². The zero-order valence-corrected chi connectivity index (χ0v) is 12.0. The van der Waals surface area contributed by atoms with E-state index in [0.29, 0.717) is 6.54 Å². The fourth-order valence-corrected chi connectivity index (χ4v) is 1.02. The summed E-state index contributed by atoms with van der Waals surface area (Å²) in [6.07, 6.45) is 3.79. The third-order valence-corrected chi connectivity index (χ3v) is 1.86. The summed E-state index contributed by atoms with van der Waals surface area (Å²) in [5.74, 6) is -1.26. The summed E-state index contributed by atoms with van der Waals surface area (Å²) in [6, 6.07) is 9.80. The van der Waals surface area contributed by atoms with Gasteiger partial charge in [-0.1, -0.05) is 42.5 Å². The smallest absolute Gasteiger partial charge is 0.543 e. The maximum absolute atomic E-state index is 10.3. The molecule has 0 spiro atoms. The van der Waals surface area contributed by atoms with Gasteiger partial charge in [0, 0.05) is 0 Å². The van der Waals surface area contributed by atoms with Crippen molar-refractivity contribution in [2.75, 3.05) is 6.54 Å². The molecule has 1 aromatic rings. The number of carboxylic acid groups (broad SMARTS) is 1. The zero-order valence-electron chi connectivity index (χ0n) is 10.0. The molecule has 17 heavy (non-hydrogen) atoms. The van der Waals surface area contributed by atoms with Gasteiger partial charge in [0.1, 0.15) is 0 Å². The SMILES string of the molecule is CC(=NNCC=Cc1ccccc1)C(=O)[O-].[Na+]. The standard InChI is InChI=1S/C12H14N2O2.Na/c1-10(12(15)16)14-13-9-5-8-11-6-3-2-4-7-11;/h2-8,13H,9H2,1H3,(H,15,16);/q;+1/p-1. The Morgan fingerprint density at radius 1 is 1.41 bits per heavy atom. The van der Waals surface area contributed by atoms with Gasteiger partial charge < -0.3 is 15.3 Å². The van der Waals surface area contributed by atoms with Gasteiger partial charge in [-0.25, -0.2) is 0 Å². The van der Waals surface area contributed by atoms with Crippen LogP contribution in [0, 0.1) is 0 Å². The predicted octanol–water partition coefficient (Wildman–Crippen LogP) is -2.58. The molecule has 0 radical (unpaired) electrons. The third kappa shape index (κ3) is 6.94. The monoisotopic (exact) mass is 240 g/mol. The second-order valence-corrected chi connectivity index (χ2v) is 3.16. The van der Waals surface area contributed by atoms with Crippen molar-refractivity contribution >= 4 is 17.8 Å². The van der Waals surface area contributed by atoms with Gasteiger partial charge in [-0.3, -0.25) is 0 Å². The van der Waals surface area contributed by atoms with E-state index < -0.39 is 5.97 Å². The minimum atomic E-state index is -1.26. The molecular weight excluding hydrogens is 227 g/mol. The Morgan fingerprint density at radius 3 is 2.65 bits per heavy atom. The van der Waals surface area contributed by atoms with Crippen molar-refractivity contribution in [1.29, 1.82) is 0 Å². The number of hydrogen-bond acceptors (Lipinski definition) is 4. The van der Waals surface area contributed by atoms with E-state index >= 15 is 0 Å². The van der Waals surface area contributed by atoms with Crippen molar-refractivity contribution in [3.05, 3.63) is 42.0 Å². The molecular formula is C12H13N2NaO2. The molecule has 1 N–H and O–H groups in total. The first-order valence-electron chi connectivity index (χ1n) is 4.90. The van der Waals surface area contributed by atoms with Crippen LogP contribution in [0.5, 0.6) is 0 Å². The minimum absolute atomic E-state index is 0. The Morgan fingerprint density at radius 2 is 2.06 bits per heavy atom. The van der Waals surface area contributed by atoms with Crippen LogP contribution in [0.2, 0.25) is 0 Å². The summed E-state index contributed by atoms with van der Waals surface area (Å²) in [5, 5.41) is 13.9. The summed E-state index contributed by atoms with van der Waals surface area (Å²) in [5.41, 5.74) is 3.64.